The molecular weight excluding hydrogens is 560 g/mol. The second kappa shape index (κ2) is 17.0. The minimum absolute atomic E-state index is 0.102. The van der Waals surface area contributed by atoms with Crippen LogP contribution in [-0.4, -0.2) is 65.2 Å². The van der Waals surface area contributed by atoms with Crippen LogP contribution in [0.25, 0.3) is 0 Å². The van der Waals surface area contributed by atoms with Gasteiger partial charge < -0.3 is 24.2 Å². The smallest absolute Gasteiger partial charge is 0.415 e. The first-order valence-electron chi connectivity index (χ1n) is 13.7. The van der Waals surface area contributed by atoms with E-state index in [2.05, 4.69) is 12.1 Å². The van der Waals surface area contributed by atoms with Crippen LogP contribution in [0.15, 0.2) is 77.7 Å². The minimum Gasteiger partial charge on any atom is -0.492 e. The molecule has 1 unspecified atom stereocenters. The molecule has 3 aromatic carbocycles. The summed E-state index contributed by atoms with van der Waals surface area (Å²) >= 11 is 1.75. The van der Waals surface area contributed by atoms with Crippen molar-refractivity contribution in [1.29, 1.82) is 0 Å². The van der Waals surface area contributed by atoms with E-state index in [1.807, 2.05) is 18.2 Å². The van der Waals surface area contributed by atoms with Gasteiger partial charge in [0, 0.05) is 30.0 Å². The Morgan fingerprint density at radius 3 is 2.38 bits per heavy atom. The number of hydrogen-bond acceptors (Lipinski definition) is 8. The lowest BCUT2D eigenvalue weighted by molar-refractivity contribution is -0.385. The van der Waals surface area contributed by atoms with Crippen molar-refractivity contribution in [1.82, 2.24) is 4.90 Å². The lowest BCUT2D eigenvalue weighted by atomic mass is 10.1. The van der Waals surface area contributed by atoms with Gasteiger partial charge in [-0.15, -0.1) is 11.8 Å². The van der Waals surface area contributed by atoms with E-state index in [1.54, 1.807) is 55.9 Å². The summed E-state index contributed by atoms with van der Waals surface area (Å²) < 4.78 is 16.6. The number of carbonyl (C=O) groups excluding carboxylic acids is 1. The molecule has 0 fully saturated rings. The normalized spacial score (nSPS) is 11.5. The number of rotatable bonds is 17. The molecule has 11 heteroatoms. The van der Waals surface area contributed by atoms with E-state index in [9.17, 15) is 24.8 Å². The van der Waals surface area contributed by atoms with Gasteiger partial charge in [0.15, 0.2) is 6.10 Å². The number of amides is 1. The predicted octanol–water partition coefficient (Wildman–Crippen LogP) is 6.39. The van der Waals surface area contributed by atoms with Crippen molar-refractivity contribution < 1.29 is 33.8 Å². The molecule has 1 N–H and O–H groups in total. The predicted molar refractivity (Wildman–Crippen MR) is 161 cm³/mol. The Morgan fingerprint density at radius 2 is 1.71 bits per heavy atom. The number of carbonyl (C=O) groups is 2. The fourth-order valence-corrected chi connectivity index (χ4v) is 4.98. The van der Waals surface area contributed by atoms with E-state index in [1.165, 1.54) is 21.9 Å². The molecule has 224 valence electrons. The van der Waals surface area contributed by atoms with Crippen LogP contribution in [-0.2, 0) is 16.0 Å². The summed E-state index contributed by atoms with van der Waals surface area (Å²) in [6, 6.07) is 21.5. The quantitative estimate of drug-likeness (QED) is 0.0816. The van der Waals surface area contributed by atoms with Crippen LogP contribution in [0.1, 0.15) is 30.9 Å². The van der Waals surface area contributed by atoms with Gasteiger partial charge in [-0.3, -0.25) is 10.1 Å². The third kappa shape index (κ3) is 10.7. The Labute approximate surface area is 249 Å². The Balaban J connectivity index is 1.57. The highest BCUT2D eigenvalue weighted by Crippen LogP contribution is 2.25. The number of hydrogen-bond donors (Lipinski definition) is 1. The van der Waals surface area contributed by atoms with Gasteiger partial charge >= 0.3 is 12.1 Å². The molecule has 0 heterocycles. The standard InChI is InChI=1S/C31H36N2O8S/c1-3-39-29(30(34)35)21-24-12-15-25(16-13-24)40-19-18-32(17-7-8-20-42-27-9-5-4-6-10-27)31(36)41-26-14-11-23(2)28(22-26)33(37)38/h4-6,9-16,22,29H,3,7-8,17-21H2,1-2H3,(H,34,35). The van der Waals surface area contributed by atoms with E-state index < -0.39 is 23.1 Å². The van der Waals surface area contributed by atoms with Crippen LogP contribution >= 0.6 is 11.8 Å². The number of nitrogens with zero attached hydrogens (tertiary/aromatic N) is 2. The van der Waals surface area contributed by atoms with Crippen LogP contribution in [0.5, 0.6) is 11.5 Å². The third-order valence-electron chi connectivity index (χ3n) is 6.29. The summed E-state index contributed by atoms with van der Waals surface area (Å²) in [6.45, 7) is 4.54. The van der Waals surface area contributed by atoms with E-state index in [0.29, 0.717) is 24.5 Å². The van der Waals surface area contributed by atoms with Crippen molar-refractivity contribution in [3.05, 3.63) is 94.0 Å². The molecule has 1 amide bonds. The molecule has 1 atom stereocenters. The van der Waals surface area contributed by atoms with Crippen molar-refractivity contribution in [2.75, 3.05) is 32.1 Å². The number of nitro groups is 1. The number of aliphatic carboxylic acids is 1. The van der Waals surface area contributed by atoms with E-state index in [4.69, 9.17) is 14.2 Å². The summed E-state index contributed by atoms with van der Waals surface area (Å²) in [5.41, 5.74) is 1.16. The van der Waals surface area contributed by atoms with Gasteiger partial charge in [-0.2, -0.15) is 0 Å². The molecule has 0 aliphatic rings. The summed E-state index contributed by atoms with van der Waals surface area (Å²) in [5.74, 6) is 0.559. The number of thioether (sulfide) groups is 1. The van der Waals surface area contributed by atoms with Gasteiger partial charge in [-0.25, -0.2) is 9.59 Å². The number of benzene rings is 3. The second-order valence-corrected chi connectivity index (χ2v) is 10.6. The van der Waals surface area contributed by atoms with E-state index in [-0.39, 0.29) is 31.0 Å². The topological polar surface area (TPSA) is 128 Å². The summed E-state index contributed by atoms with van der Waals surface area (Å²) in [5, 5.41) is 20.6. The molecule has 42 heavy (non-hydrogen) atoms. The maximum Gasteiger partial charge on any atom is 0.415 e. The minimum atomic E-state index is -1.01. The fourth-order valence-electron chi connectivity index (χ4n) is 4.05. The van der Waals surface area contributed by atoms with Crippen LogP contribution in [0.3, 0.4) is 0 Å². The van der Waals surface area contributed by atoms with Crippen LogP contribution in [0.4, 0.5) is 10.5 Å². The van der Waals surface area contributed by atoms with E-state index in [0.717, 1.165) is 24.2 Å². The molecule has 0 saturated carbocycles. The number of aryl methyl sites for hydroxylation is 1. The van der Waals surface area contributed by atoms with Gasteiger partial charge in [0.05, 0.1) is 17.5 Å². The maximum absolute atomic E-state index is 13.1. The van der Waals surface area contributed by atoms with Gasteiger partial charge in [-0.05, 0) is 74.4 Å². The van der Waals surface area contributed by atoms with Gasteiger partial charge in [0.1, 0.15) is 18.1 Å². The third-order valence-corrected chi connectivity index (χ3v) is 7.39. The molecule has 0 spiro atoms. The molecule has 0 aliphatic heterocycles. The highest BCUT2D eigenvalue weighted by Gasteiger charge is 2.20. The van der Waals surface area contributed by atoms with Gasteiger partial charge in [0.2, 0.25) is 0 Å². The first kappa shape index (κ1) is 32.4. The average Bonchev–Trinajstić information content (AvgIpc) is 2.98. The van der Waals surface area contributed by atoms with Crippen molar-refractivity contribution in [3.63, 3.8) is 0 Å². The van der Waals surface area contributed by atoms with Gasteiger partial charge in [-0.1, -0.05) is 30.3 Å². The zero-order valence-electron chi connectivity index (χ0n) is 23.8. The monoisotopic (exact) mass is 596 g/mol. The molecule has 0 saturated heterocycles. The summed E-state index contributed by atoms with van der Waals surface area (Å²) in [7, 11) is 0. The van der Waals surface area contributed by atoms with Crippen LogP contribution in [0, 0.1) is 17.0 Å². The van der Waals surface area contributed by atoms with E-state index >= 15 is 0 Å². The largest absolute Gasteiger partial charge is 0.492 e. The Hall–Kier alpha value is -4.09. The number of carboxylic acids is 1. The van der Waals surface area contributed by atoms with Crippen molar-refractivity contribution in [3.8, 4) is 11.5 Å². The lowest BCUT2D eigenvalue weighted by Crippen LogP contribution is -2.37. The van der Waals surface area contributed by atoms with Crippen molar-refractivity contribution >= 4 is 29.5 Å². The second-order valence-electron chi connectivity index (χ2n) is 9.41. The first-order valence-corrected chi connectivity index (χ1v) is 14.7. The SMILES string of the molecule is CCOC(Cc1ccc(OCCN(CCCCSc2ccccc2)C(=O)Oc2ccc(C)c([N+](=O)[O-])c2)cc1)C(=O)O. The maximum atomic E-state index is 13.1. The summed E-state index contributed by atoms with van der Waals surface area (Å²) in [4.78, 5) is 38.0. The average molecular weight is 597 g/mol. The molecule has 0 bridgehead atoms. The first-order chi connectivity index (χ1) is 20.3. The Kier molecular flexibility index (Phi) is 13.1. The van der Waals surface area contributed by atoms with Crippen molar-refractivity contribution in [2.45, 2.75) is 44.1 Å². The molecule has 10 nitrogen and oxygen atoms in total. The van der Waals surface area contributed by atoms with Crippen molar-refractivity contribution in [2.24, 2.45) is 0 Å². The molecule has 0 aliphatic carbocycles. The molecule has 0 aromatic heterocycles. The Morgan fingerprint density at radius 1 is 1.00 bits per heavy atom. The molecule has 0 radical (unpaired) electrons. The zero-order valence-corrected chi connectivity index (χ0v) is 24.6. The number of unbranched alkanes of at least 4 members (excludes halogenated alkanes) is 1. The van der Waals surface area contributed by atoms with Crippen LogP contribution in [0.2, 0.25) is 0 Å². The highest BCUT2D eigenvalue weighted by atomic mass is 32.2. The highest BCUT2D eigenvalue weighted by molar-refractivity contribution is 7.99. The van der Waals surface area contributed by atoms with Gasteiger partial charge in [0.25, 0.3) is 5.69 Å². The fraction of sp³-hybridized carbons (Fsp3) is 0.355. The van der Waals surface area contributed by atoms with Crippen LogP contribution < -0.4 is 9.47 Å². The Bertz CT molecular complexity index is 1300. The lowest BCUT2D eigenvalue weighted by Gasteiger charge is -2.22. The molecule has 3 aromatic rings. The molecule has 3 rings (SSSR count). The summed E-state index contributed by atoms with van der Waals surface area (Å²) in [6.07, 6.45) is 0.326. The number of ether oxygens (including phenoxy) is 3. The zero-order chi connectivity index (χ0) is 30.3. The number of nitro benzene ring substituents is 1. The number of carboxylic acid groups (broad SMARTS) is 1. The molecular formula is C31H36N2O8S.